The van der Waals surface area contributed by atoms with Gasteiger partial charge in [-0.25, -0.2) is 4.57 Å². The number of aliphatic carboxylic acids is 1. The molecule has 0 saturated heterocycles. The summed E-state index contributed by atoms with van der Waals surface area (Å²) in [4.78, 5) is 46.0. The second-order valence-electron chi connectivity index (χ2n) is 14.8. The summed E-state index contributed by atoms with van der Waals surface area (Å²) in [6.07, 6.45) is 47.1. The number of carboxylic acid groups (broad SMARTS) is 1. The minimum absolute atomic E-state index is 0.109. The predicted molar refractivity (Wildman–Crippen MR) is 235 cm³/mol. The highest BCUT2D eigenvalue weighted by Crippen LogP contribution is 2.43. The van der Waals surface area contributed by atoms with Crippen molar-refractivity contribution in [1.29, 1.82) is 0 Å². The quantitative estimate of drug-likeness (QED) is 0.0231. The highest BCUT2D eigenvalue weighted by atomic mass is 31.2. The number of esters is 2. The number of nitrogens with two attached hydrogens (primary N) is 1. The van der Waals surface area contributed by atoms with Crippen LogP contribution in [0.2, 0.25) is 0 Å². The Labute approximate surface area is 351 Å². The van der Waals surface area contributed by atoms with Crippen LogP contribution in [0.1, 0.15) is 181 Å². The zero-order chi connectivity index (χ0) is 42.8. The highest BCUT2D eigenvalue weighted by Gasteiger charge is 2.28. The van der Waals surface area contributed by atoms with Gasteiger partial charge in [-0.3, -0.25) is 23.4 Å². The average molecular weight is 838 g/mol. The summed E-state index contributed by atoms with van der Waals surface area (Å²) in [6, 6.07) is -1.53. The number of carboxylic acids is 1. The van der Waals surface area contributed by atoms with Gasteiger partial charge >= 0.3 is 25.7 Å². The van der Waals surface area contributed by atoms with Crippen molar-refractivity contribution in [2.75, 3.05) is 19.8 Å². The number of hydrogen-bond donors (Lipinski definition) is 3. The Morgan fingerprint density at radius 1 is 0.534 bits per heavy atom. The number of rotatable bonds is 41. The van der Waals surface area contributed by atoms with Gasteiger partial charge in [0.15, 0.2) is 6.10 Å². The number of ether oxygens (including phenoxy) is 2. The van der Waals surface area contributed by atoms with E-state index in [9.17, 15) is 23.8 Å². The van der Waals surface area contributed by atoms with Gasteiger partial charge in [-0.05, 0) is 83.5 Å². The lowest BCUT2D eigenvalue weighted by molar-refractivity contribution is -0.161. The molecule has 0 aliphatic heterocycles. The van der Waals surface area contributed by atoms with Crippen LogP contribution in [0.5, 0.6) is 0 Å². The molecular weight excluding hydrogens is 757 g/mol. The van der Waals surface area contributed by atoms with Crippen molar-refractivity contribution < 1.29 is 47.5 Å². The topological polar surface area (TPSA) is 172 Å². The molecule has 0 saturated carbocycles. The molecule has 0 heterocycles. The van der Waals surface area contributed by atoms with Gasteiger partial charge in [0.2, 0.25) is 0 Å². The SMILES string of the molecule is CCCCC/C=C\C/C=C\C/C=C\CCCCC(=O)O[C@H](COC(=O)CCCCCCCCCCC/C=C\C/C=C\CCCCC)COP(=O)(O)OC[C@H](N)C(=O)O. The summed E-state index contributed by atoms with van der Waals surface area (Å²) in [5.74, 6) is -2.44. The van der Waals surface area contributed by atoms with Gasteiger partial charge in [0, 0.05) is 12.8 Å². The standard InChI is InChI=1S/C46H80NO10P/c1-3-5-7-9-11-13-15-17-19-20-21-22-24-25-27-29-31-33-35-37-44(48)54-39-42(40-55-58(52,53)56-41-43(47)46(50)51)57-45(49)38-36-34-32-30-28-26-23-18-16-14-12-10-8-6-4-2/h11-14,17-19,23,28,30,42-43H,3-10,15-16,20-22,24-27,29,31-41,47H2,1-2H3,(H,50,51)(H,52,53)/b13-11-,14-12-,19-17-,23-18-,30-28-/t42-,43+/m1/s1. The van der Waals surface area contributed by atoms with Gasteiger partial charge in [-0.1, -0.05) is 145 Å². The molecule has 0 amide bonds. The molecule has 0 aromatic rings. The maximum Gasteiger partial charge on any atom is 0.472 e. The molecule has 0 fully saturated rings. The maximum absolute atomic E-state index is 12.6. The summed E-state index contributed by atoms with van der Waals surface area (Å²) < 4.78 is 32.7. The Kier molecular flexibility index (Phi) is 38.9. The number of unbranched alkanes of at least 4 members (excludes halogenated alkanes) is 17. The maximum atomic E-state index is 12.6. The third-order valence-corrected chi connectivity index (χ3v) is 10.2. The molecule has 334 valence electrons. The molecule has 1 unspecified atom stereocenters. The lowest BCUT2D eigenvalue weighted by atomic mass is 10.1. The van der Waals surface area contributed by atoms with E-state index in [2.05, 4.69) is 79.1 Å². The van der Waals surface area contributed by atoms with Crippen LogP contribution in [0.15, 0.2) is 60.8 Å². The van der Waals surface area contributed by atoms with E-state index in [-0.39, 0.29) is 19.4 Å². The number of hydrogen-bond acceptors (Lipinski definition) is 9. The molecule has 12 heteroatoms. The van der Waals surface area contributed by atoms with Crippen LogP contribution < -0.4 is 5.73 Å². The molecule has 0 aliphatic rings. The number of allylic oxidation sites excluding steroid dienone is 10. The molecule has 0 bridgehead atoms. The first-order chi connectivity index (χ1) is 28.1. The van der Waals surface area contributed by atoms with Crippen LogP contribution in [0, 0.1) is 0 Å². The Morgan fingerprint density at radius 3 is 1.40 bits per heavy atom. The summed E-state index contributed by atoms with van der Waals surface area (Å²) in [7, 11) is -4.73. The van der Waals surface area contributed by atoms with Crippen molar-refractivity contribution in [2.45, 2.75) is 193 Å². The van der Waals surface area contributed by atoms with Crippen molar-refractivity contribution in [2.24, 2.45) is 5.73 Å². The van der Waals surface area contributed by atoms with Crippen molar-refractivity contribution in [3.63, 3.8) is 0 Å². The van der Waals surface area contributed by atoms with Crippen molar-refractivity contribution >= 4 is 25.7 Å². The van der Waals surface area contributed by atoms with E-state index in [1.165, 1.54) is 77.0 Å². The number of carbonyl (C=O) groups excluding carboxylic acids is 2. The van der Waals surface area contributed by atoms with E-state index >= 15 is 0 Å². The number of carbonyl (C=O) groups is 3. The Bertz CT molecular complexity index is 1210. The van der Waals surface area contributed by atoms with E-state index in [0.29, 0.717) is 12.8 Å². The first-order valence-electron chi connectivity index (χ1n) is 22.3. The lowest BCUT2D eigenvalue weighted by Crippen LogP contribution is -2.34. The van der Waals surface area contributed by atoms with Crippen molar-refractivity contribution in [1.82, 2.24) is 0 Å². The predicted octanol–water partition coefficient (Wildman–Crippen LogP) is 12.0. The van der Waals surface area contributed by atoms with E-state index < -0.39 is 51.1 Å². The first kappa shape index (κ1) is 55.2. The minimum Gasteiger partial charge on any atom is -0.480 e. The van der Waals surface area contributed by atoms with Crippen molar-refractivity contribution in [3.8, 4) is 0 Å². The van der Waals surface area contributed by atoms with Gasteiger partial charge in [0.05, 0.1) is 13.2 Å². The average Bonchev–Trinajstić information content (AvgIpc) is 3.20. The molecule has 0 aromatic heterocycles. The van der Waals surface area contributed by atoms with Crippen LogP contribution >= 0.6 is 7.82 Å². The van der Waals surface area contributed by atoms with Gasteiger partial charge in [0.1, 0.15) is 12.6 Å². The van der Waals surface area contributed by atoms with Crippen LogP contribution in [0.25, 0.3) is 0 Å². The van der Waals surface area contributed by atoms with Crippen LogP contribution in [-0.4, -0.2) is 59.9 Å². The fraction of sp³-hybridized carbons (Fsp3) is 0.717. The largest absolute Gasteiger partial charge is 0.480 e. The third kappa shape index (κ3) is 40.0. The normalized spacial score (nSPS) is 14.3. The molecule has 3 atom stereocenters. The van der Waals surface area contributed by atoms with Gasteiger partial charge in [0.25, 0.3) is 0 Å². The summed E-state index contributed by atoms with van der Waals surface area (Å²) in [5, 5.41) is 8.89. The second-order valence-corrected chi connectivity index (χ2v) is 16.3. The fourth-order valence-corrected chi connectivity index (χ4v) is 6.47. The van der Waals surface area contributed by atoms with Gasteiger partial charge < -0.3 is 25.2 Å². The summed E-state index contributed by atoms with van der Waals surface area (Å²) in [6.45, 7) is 2.70. The molecule has 4 N–H and O–H groups in total. The molecule has 58 heavy (non-hydrogen) atoms. The highest BCUT2D eigenvalue weighted by molar-refractivity contribution is 7.47. The first-order valence-corrected chi connectivity index (χ1v) is 23.8. The molecule has 0 aromatic carbocycles. The summed E-state index contributed by atoms with van der Waals surface area (Å²) in [5.41, 5.74) is 5.33. The number of phosphoric acid groups is 1. The monoisotopic (exact) mass is 838 g/mol. The zero-order valence-electron chi connectivity index (χ0n) is 36.1. The van der Waals surface area contributed by atoms with Crippen molar-refractivity contribution in [3.05, 3.63) is 60.8 Å². The Morgan fingerprint density at radius 2 is 0.914 bits per heavy atom. The molecule has 0 radical (unpaired) electrons. The molecule has 0 rings (SSSR count). The van der Waals surface area contributed by atoms with E-state index in [1.54, 1.807) is 0 Å². The Hall–Kier alpha value is -2.82. The van der Waals surface area contributed by atoms with E-state index in [4.69, 9.17) is 24.8 Å². The minimum atomic E-state index is -4.73. The van der Waals surface area contributed by atoms with E-state index in [1.807, 2.05) is 0 Å². The smallest absolute Gasteiger partial charge is 0.472 e. The number of phosphoric ester groups is 1. The zero-order valence-corrected chi connectivity index (χ0v) is 37.0. The second kappa shape index (κ2) is 40.9. The Balaban J connectivity index is 4.40. The lowest BCUT2D eigenvalue weighted by Gasteiger charge is -2.20. The fourth-order valence-electron chi connectivity index (χ4n) is 5.69. The molecule has 0 aliphatic carbocycles. The van der Waals surface area contributed by atoms with Crippen LogP contribution in [-0.2, 0) is 37.5 Å². The summed E-state index contributed by atoms with van der Waals surface area (Å²) >= 11 is 0. The van der Waals surface area contributed by atoms with Gasteiger partial charge in [-0.2, -0.15) is 0 Å². The molecular formula is C46H80NO10P. The molecule has 11 nitrogen and oxygen atoms in total. The van der Waals surface area contributed by atoms with Gasteiger partial charge in [-0.15, -0.1) is 0 Å². The van der Waals surface area contributed by atoms with Crippen LogP contribution in [0.3, 0.4) is 0 Å². The van der Waals surface area contributed by atoms with Crippen LogP contribution in [0.4, 0.5) is 0 Å². The third-order valence-electron chi connectivity index (χ3n) is 9.24. The van der Waals surface area contributed by atoms with E-state index in [0.717, 1.165) is 64.2 Å². The molecule has 0 spiro atoms.